The number of halogens is 4. The average Bonchev–Trinajstić information content (AvgIpc) is 3.17. The van der Waals surface area contributed by atoms with Crippen molar-refractivity contribution in [3.8, 4) is 0 Å². The van der Waals surface area contributed by atoms with Crippen molar-refractivity contribution in [3.05, 3.63) is 51.6 Å². The van der Waals surface area contributed by atoms with E-state index in [2.05, 4.69) is 5.10 Å². The molecule has 1 aliphatic carbocycles. The number of hydrogen-bond acceptors (Lipinski definition) is 6. The molecule has 1 aliphatic rings. The fourth-order valence-corrected chi connectivity index (χ4v) is 3.23. The van der Waals surface area contributed by atoms with Gasteiger partial charge in [0.05, 0.1) is 24.2 Å². The lowest BCUT2D eigenvalue weighted by molar-refractivity contribution is 0.0505. The Hall–Kier alpha value is -2.88. The third-order valence-corrected chi connectivity index (χ3v) is 4.94. The van der Waals surface area contributed by atoms with Crippen LogP contribution in [0.3, 0.4) is 0 Å². The van der Waals surface area contributed by atoms with E-state index in [4.69, 9.17) is 21.1 Å². The van der Waals surface area contributed by atoms with Gasteiger partial charge in [0, 0.05) is 17.5 Å². The van der Waals surface area contributed by atoms with Gasteiger partial charge in [-0.3, -0.25) is 4.79 Å². The monoisotopic (exact) mass is 458 g/mol. The molecule has 1 saturated carbocycles. The minimum atomic E-state index is -3.14. The second kappa shape index (κ2) is 8.70. The van der Waals surface area contributed by atoms with Crippen molar-refractivity contribution in [1.29, 1.82) is 0 Å². The lowest BCUT2D eigenvalue weighted by Gasteiger charge is -2.09. The molecule has 0 aliphatic heterocycles. The molecule has 166 valence electrons. The highest BCUT2D eigenvalue weighted by Crippen LogP contribution is 2.57. The molecule has 3 rings (SSSR count). The van der Waals surface area contributed by atoms with Gasteiger partial charge in [0.2, 0.25) is 0 Å². The number of rotatable bonds is 8. The number of esters is 2. The van der Waals surface area contributed by atoms with Crippen molar-refractivity contribution in [2.75, 3.05) is 13.2 Å². The summed E-state index contributed by atoms with van der Waals surface area (Å²) in [5, 5.41) is 3.74. The Morgan fingerprint density at radius 3 is 2.35 bits per heavy atom. The first-order chi connectivity index (χ1) is 14.6. The minimum absolute atomic E-state index is 0.0517. The van der Waals surface area contributed by atoms with E-state index in [1.165, 1.54) is 26.0 Å². The van der Waals surface area contributed by atoms with Gasteiger partial charge in [-0.05, 0) is 32.0 Å². The van der Waals surface area contributed by atoms with E-state index in [-0.39, 0.29) is 29.4 Å². The second-order valence-corrected chi connectivity index (χ2v) is 7.19. The van der Waals surface area contributed by atoms with Gasteiger partial charge in [-0.1, -0.05) is 11.6 Å². The zero-order chi connectivity index (χ0) is 22.9. The Kier molecular flexibility index (Phi) is 6.40. The summed E-state index contributed by atoms with van der Waals surface area (Å²) in [5.74, 6) is -8.12. The van der Waals surface area contributed by atoms with Gasteiger partial charge in [-0.2, -0.15) is 5.10 Å². The molecule has 0 N–H and O–H groups in total. The molecule has 31 heavy (non-hydrogen) atoms. The number of nitrogens with zero attached hydrogens (tertiary/aromatic N) is 2. The van der Waals surface area contributed by atoms with Crippen molar-refractivity contribution >= 4 is 29.3 Å². The van der Waals surface area contributed by atoms with E-state index >= 15 is 0 Å². The molecule has 1 heterocycles. The first-order valence-electron chi connectivity index (χ1n) is 9.41. The van der Waals surface area contributed by atoms with Crippen LogP contribution < -0.4 is 0 Å². The zero-order valence-corrected chi connectivity index (χ0v) is 17.3. The van der Waals surface area contributed by atoms with Crippen molar-refractivity contribution in [3.63, 3.8) is 0 Å². The molecule has 0 spiro atoms. The van der Waals surface area contributed by atoms with Gasteiger partial charge in [0.25, 0.3) is 5.92 Å². The smallest absolute Gasteiger partial charge is 0.359 e. The molecule has 1 fully saturated rings. The summed E-state index contributed by atoms with van der Waals surface area (Å²) in [6.07, 6.45) is -0.589. The SMILES string of the molecule is CCOC(=O)c1nn(CC(=O)c2ccc(Cl)c(F)c2)c(C(=O)OCC)c1C1CC1(F)F. The summed E-state index contributed by atoms with van der Waals surface area (Å²) in [5.41, 5.74) is -1.32. The van der Waals surface area contributed by atoms with Gasteiger partial charge in [0.15, 0.2) is 17.2 Å². The van der Waals surface area contributed by atoms with E-state index in [9.17, 15) is 27.6 Å². The molecular weight excluding hydrogens is 441 g/mol. The van der Waals surface area contributed by atoms with Crippen LogP contribution in [0.25, 0.3) is 0 Å². The topological polar surface area (TPSA) is 87.5 Å². The van der Waals surface area contributed by atoms with Crippen molar-refractivity contribution in [2.45, 2.75) is 38.7 Å². The van der Waals surface area contributed by atoms with Gasteiger partial charge < -0.3 is 9.47 Å². The normalized spacial score (nSPS) is 16.6. The minimum Gasteiger partial charge on any atom is -0.461 e. The maximum atomic E-state index is 13.9. The fraction of sp³-hybridized carbons (Fsp3) is 0.400. The highest BCUT2D eigenvalue weighted by atomic mass is 35.5. The Morgan fingerprint density at radius 2 is 1.81 bits per heavy atom. The van der Waals surface area contributed by atoms with Gasteiger partial charge in [-0.25, -0.2) is 27.4 Å². The fourth-order valence-electron chi connectivity index (χ4n) is 3.11. The molecule has 0 radical (unpaired) electrons. The van der Waals surface area contributed by atoms with Crippen LogP contribution in [0.1, 0.15) is 63.1 Å². The van der Waals surface area contributed by atoms with Crippen LogP contribution in [0.4, 0.5) is 13.2 Å². The number of benzene rings is 1. The zero-order valence-electron chi connectivity index (χ0n) is 16.6. The summed E-state index contributed by atoms with van der Waals surface area (Å²) < 4.78 is 52.2. The number of carbonyl (C=O) groups is 3. The van der Waals surface area contributed by atoms with E-state index in [1.807, 2.05) is 0 Å². The Bertz CT molecular complexity index is 1050. The Balaban J connectivity index is 2.08. The first kappa shape index (κ1) is 22.8. The van der Waals surface area contributed by atoms with E-state index in [0.717, 1.165) is 10.7 Å². The van der Waals surface area contributed by atoms with E-state index < -0.39 is 59.7 Å². The van der Waals surface area contributed by atoms with Crippen LogP contribution in [0.5, 0.6) is 0 Å². The molecular formula is C20H18ClF3N2O5. The quantitative estimate of drug-likeness (QED) is 0.438. The standard InChI is InChI=1S/C20H18ClF3N2O5/c1-3-30-18(28)16-15(11-8-20(11,23)24)17(19(29)31-4-2)26(25-16)9-14(27)10-5-6-12(21)13(22)7-10/h5-7,11H,3-4,8-9H2,1-2H3. The van der Waals surface area contributed by atoms with Crippen molar-refractivity contribution in [2.24, 2.45) is 0 Å². The van der Waals surface area contributed by atoms with Crippen molar-refractivity contribution < 1.29 is 37.0 Å². The Morgan fingerprint density at radius 1 is 1.19 bits per heavy atom. The number of Topliss-reactive ketones (excluding diaryl/α,β-unsaturated/α-hetero) is 1. The van der Waals surface area contributed by atoms with Crippen LogP contribution in [0, 0.1) is 5.82 Å². The maximum Gasteiger partial charge on any atom is 0.359 e. The largest absolute Gasteiger partial charge is 0.461 e. The third kappa shape index (κ3) is 4.58. The molecule has 0 saturated heterocycles. The predicted molar refractivity (Wildman–Crippen MR) is 102 cm³/mol. The number of carbonyl (C=O) groups excluding carboxylic acids is 3. The molecule has 11 heteroatoms. The van der Waals surface area contributed by atoms with Crippen molar-refractivity contribution in [1.82, 2.24) is 9.78 Å². The number of hydrogen-bond donors (Lipinski definition) is 0. The predicted octanol–water partition coefficient (Wildman–Crippen LogP) is 4.03. The summed E-state index contributed by atoms with van der Waals surface area (Å²) in [7, 11) is 0. The van der Waals surface area contributed by atoms with Crippen LogP contribution in [0.15, 0.2) is 18.2 Å². The summed E-state index contributed by atoms with van der Waals surface area (Å²) >= 11 is 5.62. The van der Waals surface area contributed by atoms with Gasteiger partial charge in [0.1, 0.15) is 12.4 Å². The third-order valence-electron chi connectivity index (χ3n) is 4.64. The van der Waals surface area contributed by atoms with E-state index in [0.29, 0.717) is 0 Å². The highest BCUT2D eigenvalue weighted by molar-refractivity contribution is 6.30. The highest BCUT2D eigenvalue weighted by Gasteiger charge is 2.61. The summed E-state index contributed by atoms with van der Waals surface area (Å²) in [4.78, 5) is 37.6. The summed E-state index contributed by atoms with van der Waals surface area (Å²) in [6, 6.07) is 3.35. The van der Waals surface area contributed by atoms with E-state index in [1.54, 1.807) is 0 Å². The second-order valence-electron chi connectivity index (χ2n) is 6.78. The Labute approximate surface area is 180 Å². The molecule has 1 aromatic carbocycles. The molecule has 7 nitrogen and oxygen atoms in total. The molecule has 1 aromatic heterocycles. The molecule has 1 atom stereocenters. The van der Waals surface area contributed by atoms with Gasteiger partial charge >= 0.3 is 11.9 Å². The lowest BCUT2D eigenvalue weighted by Crippen LogP contribution is -2.19. The van der Waals surface area contributed by atoms with Crippen LogP contribution in [-0.2, 0) is 16.0 Å². The average molecular weight is 459 g/mol. The number of aromatic nitrogens is 2. The number of alkyl halides is 2. The lowest BCUT2D eigenvalue weighted by atomic mass is 10.1. The van der Waals surface area contributed by atoms with Crippen LogP contribution in [-0.4, -0.2) is 46.6 Å². The van der Waals surface area contributed by atoms with Crippen LogP contribution in [0.2, 0.25) is 5.02 Å². The first-order valence-corrected chi connectivity index (χ1v) is 9.79. The maximum absolute atomic E-state index is 13.9. The van der Waals surface area contributed by atoms with Gasteiger partial charge in [-0.15, -0.1) is 0 Å². The molecule has 2 aromatic rings. The number of ketones is 1. The molecule has 1 unspecified atom stereocenters. The van der Waals surface area contributed by atoms with Crippen LogP contribution >= 0.6 is 11.6 Å². The summed E-state index contributed by atoms with van der Waals surface area (Å²) in [6.45, 7) is 2.28. The number of ether oxygens (including phenoxy) is 2. The molecule has 0 amide bonds. The molecule has 0 bridgehead atoms.